The van der Waals surface area contributed by atoms with Crippen molar-refractivity contribution in [3.8, 4) is 5.88 Å². The lowest BCUT2D eigenvalue weighted by molar-refractivity contribution is -0.139. The maximum atomic E-state index is 12.8. The molecular formula is C15H19F3N2O3. The Morgan fingerprint density at radius 1 is 1.35 bits per heavy atom. The fourth-order valence-electron chi connectivity index (χ4n) is 1.58. The number of halogens is 3. The highest BCUT2D eigenvalue weighted by atomic mass is 19.4. The van der Waals surface area contributed by atoms with Gasteiger partial charge in [0.15, 0.2) is 0 Å². The van der Waals surface area contributed by atoms with E-state index in [9.17, 15) is 18.0 Å². The van der Waals surface area contributed by atoms with E-state index in [2.05, 4.69) is 15.0 Å². The summed E-state index contributed by atoms with van der Waals surface area (Å²) in [7, 11) is 1.12. The van der Waals surface area contributed by atoms with Crippen LogP contribution in [0.2, 0.25) is 0 Å². The van der Waals surface area contributed by atoms with Crippen LogP contribution >= 0.6 is 0 Å². The average Bonchev–Trinajstić information content (AvgIpc) is 2.40. The molecule has 8 heteroatoms. The fraction of sp³-hybridized carbons (Fsp3) is 0.467. The Balaban J connectivity index is 2.69. The van der Waals surface area contributed by atoms with Gasteiger partial charge in [-0.05, 0) is 32.4 Å². The lowest BCUT2D eigenvalue weighted by Gasteiger charge is -2.19. The van der Waals surface area contributed by atoms with Crippen LogP contribution in [0.5, 0.6) is 5.88 Å². The molecule has 0 aliphatic heterocycles. The molecule has 0 saturated heterocycles. The number of alkyl carbamates (subject to hydrolysis) is 1. The quantitative estimate of drug-likeness (QED) is 0.914. The van der Waals surface area contributed by atoms with E-state index in [1.165, 1.54) is 18.3 Å². The summed E-state index contributed by atoms with van der Waals surface area (Å²) in [6.45, 7) is 5.29. The van der Waals surface area contributed by atoms with Gasteiger partial charge < -0.3 is 14.8 Å². The molecule has 1 aromatic rings. The van der Waals surface area contributed by atoms with Crippen molar-refractivity contribution >= 4 is 12.2 Å². The Morgan fingerprint density at radius 2 is 2.00 bits per heavy atom. The van der Waals surface area contributed by atoms with E-state index in [4.69, 9.17) is 4.74 Å². The highest BCUT2D eigenvalue weighted by molar-refractivity contribution is 5.68. The van der Waals surface area contributed by atoms with Crippen LogP contribution in [0.4, 0.5) is 18.0 Å². The minimum atomic E-state index is -4.56. The highest BCUT2D eigenvalue weighted by Gasteiger charge is 2.35. The molecule has 23 heavy (non-hydrogen) atoms. The van der Waals surface area contributed by atoms with Crippen molar-refractivity contribution in [2.24, 2.45) is 0 Å². The number of hydrogen-bond acceptors (Lipinski definition) is 4. The number of carbonyl (C=O) groups is 1. The number of alkyl halides is 3. The number of carbonyl (C=O) groups excluding carboxylic acids is 1. The molecule has 0 saturated carbocycles. The Labute approximate surface area is 132 Å². The van der Waals surface area contributed by atoms with Crippen LogP contribution in [-0.2, 0) is 10.9 Å². The smallest absolute Gasteiger partial charge is 0.421 e. The number of methoxy groups -OCH3 is 1. The Hall–Kier alpha value is -2.25. The van der Waals surface area contributed by atoms with Crippen molar-refractivity contribution in [2.45, 2.75) is 32.5 Å². The molecule has 0 fully saturated rings. The number of pyridine rings is 1. The molecule has 0 bridgehead atoms. The van der Waals surface area contributed by atoms with Crippen LogP contribution in [0.3, 0.4) is 0 Å². The van der Waals surface area contributed by atoms with Gasteiger partial charge in [-0.3, -0.25) is 0 Å². The van der Waals surface area contributed by atoms with Crippen molar-refractivity contribution < 1.29 is 27.4 Å². The second-order valence-corrected chi connectivity index (χ2v) is 5.61. The third kappa shape index (κ3) is 6.58. The number of amides is 1. The SMILES string of the molecule is COc1ncc(C=CCNC(=O)OC(C)(C)C)cc1C(F)(F)F. The molecule has 0 atom stereocenters. The number of rotatable bonds is 4. The molecule has 0 aromatic carbocycles. The number of hydrogen-bond donors (Lipinski definition) is 1. The number of nitrogens with zero attached hydrogens (tertiary/aromatic N) is 1. The lowest BCUT2D eigenvalue weighted by Crippen LogP contribution is -2.32. The highest BCUT2D eigenvalue weighted by Crippen LogP contribution is 2.35. The first-order chi connectivity index (χ1) is 10.5. The number of nitrogens with one attached hydrogen (secondary N) is 1. The Kier molecular flexibility index (Phi) is 6.00. The van der Waals surface area contributed by atoms with E-state index in [1.807, 2.05) is 0 Å². The van der Waals surface area contributed by atoms with Crippen LogP contribution in [0.25, 0.3) is 6.08 Å². The van der Waals surface area contributed by atoms with Gasteiger partial charge in [0, 0.05) is 12.7 Å². The van der Waals surface area contributed by atoms with Crippen LogP contribution < -0.4 is 10.1 Å². The summed E-state index contributed by atoms with van der Waals surface area (Å²) in [5, 5.41) is 2.46. The van der Waals surface area contributed by atoms with E-state index >= 15 is 0 Å². The summed E-state index contributed by atoms with van der Waals surface area (Å²) in [5.41, 5.74) is -1.33. The molecule has 0 radical (unpaired) electrons. The standard InChI is InChI=1S/C15H19F3N2O3/c1-14(2,3)23-13(21)19-7-5-6-10-8-11(15(16,17)18)12(22-4)20-9-10/h5-6,8-9H,7H2,1-4H3,(H,19,21). The predicted molar refractivity (Wildman–Crippen MR) is 79.1 cm³/mol. The average molecular weight is 332 g/mol. The monoisotopic (exact) mass is 332 g/mol. The molecule has 0 aliphatic rings. The van der Waals surface area contributed by atoms with Gasteiger partial charge in [-0.1, -0.05) is 12.2 Å². The van der Waals surface area contributed by atoms with Gasteiger partial charge in [-0.2, -0.15) is 13.2 Å². The van der Waals surface area contributed by atoms with Crippen molar-refractivity contribution in [3.05, 3.63) is 29.5 Å². The molecule has 1 amide bonds. The van der Waals surface area contributed by atoms with Gasteiger partial charge >= 0.3 is 12.3 Å². The normalized spacial score (nSPS) is 12.3. The van der Waals surface area contributed by atoms with Crippen molar-refractivity contribution in [3.63, 3.8) is 0 Å². The van der Waals surface area contributed by atoms with Crippen LogP contribution in [0, 0.1) is 0 Å². The molecule has 0 unspecified atom stereocenters. The zero-order chi connectivity index (χ0) is 17.7. The zero-order valence-corrected chi connectivity index (χ0v) is 13.3. The molecular weight excluding hydrogens is 313 g/mol. The van der Waals surface area contributed by atoms with Crippen molar-refractivity contribution in [1.29, 1.82) is 0 Å². The Bertz CT molecular complexity index is 578. The van der Waals surface area contributed by atoms with Gasteiger partial charge in [0.05, 0.1) is 7.11 Å². The van der Waals surface area contributed by atoms with E-state index in [0.29, 0.717) is 0 Å². The van der Waals surface area contributed by atoms with E-state index in [-0.39, 0.29) is 12.1 Å². The van der Waals surface area contributed by atoms with Crippen LogP contribution in [-0.4, -0.2) is 30.3 Å². The summed E-state index contributed by atoms with van der Waals surface area (Å²) in [5.74, 6) is -0.485. The molecule has 128 valence electrons. The second kappa shape index (κ2) is 7.34. The minimum Gasteiger partial charge on any atom is -0.481 e. The maximum absolute atomic E-state index is 12.8. The van der Waals surface area contributed by atoms with Gasteiger partial charge in [-0.25, -0.2) is 9.78 Å². The summed E-state index contributed by atoms with van der Waals surface area (Å²) in [4.78, 5) is 15.0. The summed E-state index contributed by atoms with van der Waals surface area (Å²) >= 11 is 0. The third-order valence-corrected chi connectivity index (χ3v) is 2.44. The molecule has 0 spiro atoms. The summed E-state index contributed by atoms with van der Waals surface area (Å²) in [6.07, 6.45) is -1.01. The first-order valence-corrected chi connectivity index (χ1v) is 6.77. The summed E-state index contributed by atoms with van der Waals surface area (Å²) in [6, 6.07) is 0.926. The fourth-order valence-corrected chi connectivity index (χ4v) is 1.58. The van der Waals surface area contributed by atoms with Crippen LogP contribution in [0.15, 0.2) is 18.3 Å². The predicted octanol–water partition coefficient (Wildman–Crippen LogP) is 3.65. The topological polar surface area (TPSA) is 60.5 Å². The molecule has 1 N–H and O–H groups in total. The van der Waals surface area contributed by atoms with E-state index in [1.54, 1.807) is 20.8 Å². The largest absolute Gasteiger partial charge is 0.481 e. The summed E-state index contributed by atoms with van der Waals surface area (Å²) < 4.78 is 48.2. The van der Waals surface area contributed by atoms with E-state index < -0.39 is 29.3 Å². The second-order valence-electron chi connectivity index (χ2n) is 5.61. The molecule has 1 aromatic heterocycles. The van der Waals surface area contributed by atoms with Crippen molar-refractivity contribution in [2.75, 3.05) is 13.7 Å². The molecule has 0 aliphatic carbocycles. The third-order valence-electron chi connectivity index (χ3n) is 2.44. The first kappa shape index (κ1) is 18.8. The lowest BCUT2D eigenvalue weighted by atomic mass is 10.2. The number of aromatic nitrogens is 1. The number of ether oxygens (including phenoxy) is 2. The van der Waals surface area contributed by atoms with Crippen molar-refractivity contribution in [1.82, 2.24) is 10.3 Å². The van der Waals surface area contributed by atoms with Gasteiger partial charge in [0.25, 0.3) is 0 Å². The van der Waals surface area contributed by atoms with Crippen LogP contribution in [0.1, 0.15) is 31.9 Å². The first-order valence-electron chi connectivity index (χ1n) is 6.77. The van der Waals surface area contributed by atoms with Gasteiger partial charge in [-0.15, -0.1) is 0 Å². The Morgan fingerprint density at radius 3 is 2.52 bits per heavy atom. The molecule has 1 heterocycles. The van der Waals surface area contributed by atoms with Gasteiger partial charge in [0.1, 0.15) is 11.2 Å². The zero-order valence-electron chi connectivity index (χ0n) is 13.3. The minimum absolute atomic E-state index is 0.113. The molecule has 1 rings (SSSR count). The van der Waals surface area contributed by atoms with E-state index in [0.717, 1.165) is 13.2 Å². The van der Waals surface area contributed by atoms with Gasteiger partial charge in [0.2, 0.25) is 5.88 Å². The maximum Gasteiger partial charge on any atom is 0.421 e. The molecule has 5 nitrogen and oxygen atoms in total.